The summed E-state index contributed by atoms with van der Waals surface area (Å²) in [5.74, 6) is -4.48. The molecule has 6 atom stereocenters. The summed E-state index contributed by atoms with van der Waals surface area (Å²) in [5.41, 5.74) is 1.58. The van der Waals surface area contributed by atoms with Crippen molar-refractivity contribution in [2.24, 2.45) is 23.7 Å². The molecule has 2 aromatic rings. The number of benzene rings is 2. The Labute approximate surface area is 332 Å². The van der Waals surface area contributed by atoms with Crippen LogP contribution in [0.5, 0.6) is 5.75 Å². The Kier molecular flexibility index (Phi) is 24.6. The van der Waals surface area contributed by atoms with E-state index in [1.54, 1.807) is 12.1 Å². The summed E-state index contributed by atoms with van der Waals surface area (Å²) in [6, 6.07) is 12.0. The maximum absolute atomic E-state index is 12.6. The predicted molar refractivity (Wildman–Crippen MR) is 210 cm³/mol. The van der Waals surface area contributed by atoms with Gasteiger partial charge in [0.05, 0.1) is 31.0 Å². The summed E-state index contributed by atoms with van der Waals surface area (Å²) >= 11 is 3.35. The van der Waals surface area contributed by atoms with Crippen LogP contribution in [0.25, 0.3) is 0 Å². The van der Waals surface area contributed by atoms with Gasteiger partial charge in [-0.2, -0.15) is 0 Å². The van der Waals surface area contributed by atoms with Crippen LogP contribution in [0, 0.1) is 23.7 Å². The molecule has 0 spiro atoms. The second-order valence-electron chi connectivity index (χ2n) is 14.1. The van der Waals surface area contributed by atoms with Crippen molar-refractivity contribution in [3.8, 4) is 5.75 Å². The molecule has 0 fully saturated rings. The van der Waals surface area contributed by atoms with Crippen molar-refractivity contribution in [2.75, 3.05) is 14.2 Å². The number of carbonyl (C=O) groups is 6. The van der Waals surface area contributed by atoms with Crippen molar-refractivity contribution < 1.29 is 59.0 Å². The third-order valence-corrected chi connectivity index (χ3v) is 8.78. The molecule has 2 aromatic carbocycles. The summed E-state index contributed by atoms with van der Waals surface area (Å²) in [6.45, 7) is 10.2. The number of carboxylic acids is 1. The van der Waals surface area contributed by atoms with Crippen molar-refractivity contribution in [1.82, 2.24) is 10.6 Å². The molecule has 0 saturated heterocycles. The number of carbonyl (C=O) groups excluding carboxylic acids is 5. The zero-order valence-electron chi connectivity index (χ0n) is 33.0. The van der Waals surface area contributed by atoms with Gasteiger partial charge in [-0.15, -0.1) is 0 Å². The SMILES string of the molecule is CC(=O)N[C@H](Cc1ccc(O)cc1)[C@H](O)C(=O)C[C@@H](CC(C)C)C(=O)O.CO.COC(=O)[C@@H](CC(=O)[C@@H](O)[C@@H](Cc1ccc(Br)cc1)NC(C)=O)CC(C)C. The number of aliphatic carboxylic acids is 1. The van der Waals surface area contributed by atoms with E-state index in [1.165, 1.54) is 33.1 Å². The number of halogens is 1. The highest BCUT2D eigenvalue weighted by Crippen LogP contribution is 2.21. The first-order valence-electron chi connectivity index (χ1n) is 18.0. The lowest BCUT2D eigenvalue weighted by Gasteiger charge is -2.24. The Morgan fingerprint density at radius 1 is 0.673 bits per heavy atom. The van der Waals surface area contributed by atoms with Gasteiger partial charge < -0.3 is 40.9 Å². The summed E-state index contributed by atoms with van der Waals surface area (Å²) in [7, 11) is 2.28. The van der Waals surface area contributed by atoms with Crippen LogP contribution in [0.4, 0.5) is 0 Å². The van der Waals surface area contributed by atoms with Crippen LogP contribution in [0.2, 0.25) is 0 Å². The fourth-order valence-corrected chi connectivity index (χ4v) is 6.05. The number of nitrogens with one attached hydrogen (secondary N) is 2. The molecule has 0 aliphatic carbocycles. The third-order valence-electron chi connectivity index (χ3n) is 8.25. The second kappa shape index (κ2) is 26.6. The summed E-state index contributed by atoms with van der Waals surface area (Å²) in [4.78, 5) is 71.3. The number of ketones is 2. The van der Waals surface area contributed by atoms with Crippen molar-refractivity contribution in [1.29, 1.82) is 0 Å². The van der Waals surface area contributed by atoms with Gasteiger partial charge in [0.25, 0.3) is 0 Å². The number of rotatable bonds is 20. The van der Waals surface area contributed by atoms with E-state index in [2.05, 4.69) is 26.6 Å². The van der Waals surface area contributed by atoms with E-state index < -0.39 is 65.5 Å². The van der Waals surface area contributed by atoms with Gasteiger partial charge in [0.2, 0.25) is 11.8 Å². The monoisotopic (exact) mass is 838 g/mol. The molecule has 7 N–H and O–H groups in total. The molecule has 0 unspecified atom stereocenters. The van der Waals surface area contributed by atoms with E-state index in [4.69, 9.17) is 9.84 Å². The quantitative estimate of drug-likeness (QED) is 0.0945. The maximum atomic E-state index is 12.6. The lowest BCUT2D eigenvalue weighted by atomic mass is 9.88. The number of carboxylic acid groups (broad SMARTS) is 1. The highest BCUT2D eigenvalue weighted by atomic mass is 79.9. The van der Waals surface area contributed by atoms with E-state index in [0.717, 1.165) is 17.1 Å². The number of amides is 2. The van der Waals surface area contributed by atoms with Crippen LogP contribution in [0.15, 0.2) is 53.0 Å². The maximum Gasteiger partial charge on any atom is 0.309 e. The first-order valence-corrected chi connectivity index (χ1v) is 18.8. The van der Waals surface area contributed by atoms with Crippen LogP contribution in [0.1, 0.15) is 78.4 Å². The zero-order valence-corrected chi connectivity index (χ0v) is 34.5. The first kappa shape index (κ1) is 50.8. The number of ether oxygens (including phenoxy) is 1. The van der Waals surface area contributed by atoms with Crippen molar-refractivity contribution in [3.63, 3.8) is 0 Å². The minimum atomic E-state index is -1.51. The van der Waals surface area contributed by atoms with Gasteiger partial charge in [0, 0.05) is 38.3 Å². The molecule has 15 heteroatoms. The number of Topliss-reactive ketones (excluding diaryl/α,β-unsaturated/α-hetero) is 2. The number of methoxy groups -OCH3 is 1. The molecule has 0 heterocycles. The van der Waals surface area contributed by atoms with E-state index in [9.17, 15) is 49.2 Å². The highest BCUT2D eigenvalue weighted by molar-refractivity contribution is 9.10. The minimum absolute atomic E-state index is 0.0828. The lowest BCUT2D eigenvalue weighted by molar-refractivity contribution is -0.149. The summed E-state index contributed by atoms with van der Waals surface area (Å²) in [6.07, 6.45) is -2.04. The van der Waals surface area contributed by atoms with Gasteiger partial charge in [-0.1, -0.05) is 67.9 Å². The highest BCUT2D eigenvalue weighted by Gasteiger charge is 2.33. The Hall–Kier alpha value is -4.18. The van der Waals surface area contributed by atoms with Crippen LogP contribution < -0.4 is 10.6 Å². The van der Waals surface area contributed by atoms with Crippen molar-refractivity contribution in [3.05, 3.63) is 64.1 Å². The van der Waals surface area contributed by atoms with Crippen LogP contribution in [0.3, 0.4) is 0 Å². The second-order valence-corrected chi connectivity index (χ2v) is 15.0. The normalized spacial score (nSPS) is 14.0. The molecule has 0 aromatic heterocycles. The predicted octanol–water partition coefficient (Wildman–Crippen LogP) is 3.77. The largest absolute Gasteiger partial charge is 0.508 e. The van der Waals surface area contributed by atoms with Gasteiger partial charge in [0.15, 0.2) is 11.6 Å². The van der Waals surface area contributed by atoms with Crippen molar-refractivity contribution in [2.45, 2.75) is 104 Å². The minimum Gasteiger partial charge on any atom is -0.508 e. The number of aliphatic hydroxyl groups is 3. The molecule has 0 radical (unpaired) electrons. The fourth-order valence-electron chi connectivity index (χ4n) is 5.78. The number of hydrogen-bond donors (Lipinski definition) is 7. The van der Waals surface area contributed by atoms with Gasteiger partial charge >= 0.3 is 11.9 Å². The van der Waals surface area contributed by atoms with Gasteiger partial charge in [-0.25, -0.2) is 0 Å². The molecular formula is C40H59BrN2O12. The van der Waals surface area contributed by atoms with E-state index in [-0.39, 0.29) is 42.8 Å². The topological polar surface area (TPSA) is 237 Å². The Morgan fingerprint density at radius 3 is 1.38 bits per heavy atom. The number of aliphatic hydroxyl groups excluding tert-OH is 3. The first-order chi connectivity index (χ1) is 25.7. The Bertz CT molecular complexity index is 1500. The van der Waals surface area contributed by atoms with Crippen LogP contribution in [-0.2, 0) is 46.3 Å². The average Bonchev–Trinajstić information content (AvgIpc) is 3.11. The molecule has 2 amide bonds. The van der Waals surface area contributed by atoms with E-state index in [0.29, 0.717) is 24.8 Å². The average molecular weight is 840 g/mol. The molecule has 308 valence electrons. The standard InChI is InChI=1S/C20H28BrNO5.C19H27NO6.CH4O/c1-12(2)9-15(20(26)27-4)11-18(24)19(25)17(22-13(3)23)10-14-5-7-16(21)8-6-14;1-11(2)8-14(19(25)26)10-17(23)18(24)16(20-12(3)21)9-13-4-6-15(22)7-5-13;1-2/h5-8,12,15,17,19,25H,9-11H2,1-4H3,(H,22,23);4-7,11,14,16,18,22,24H,8-10H2,1-3H3,(H,20,21)(H,25,26);2H,1H3/t15-,17-,19+;14-,16-,18+;/m11./s1. The Balaban J connectivity index is 0.00000102. The van der Waals surface area contributed by atoms with E-state index >= 15 is 0 Å². The summed E-state index contributed by atoms with van der Waals surface area (Å²) < 4.78 is 5.69. The van der Waals surface area contributed by atoms with Crippen LogP contribution >= 0.6 is 15.9 Å². The Morgan fingerprint density at radius 2 is 1.04 bits per heavy atom. The number of phenols is 1. The number of phenolic OH excluding ortho intramolecular Hbond substituents is 1. The molecule has 0 aliphatic heterocycles. The smallest absolute Gasteiger partial charge is 0.309 e. The summed E-state index contributed by atoms with van der Waals surface area (Å²) in [5, 5.41) is 51.7. The molecule has 0 bridgehead atoms. The zero-order chi connectivity index (χ0) is 42.4. The molecule has 2 rings (SSSR count). The number of aromatic hydroxyl groups is 1. The van der Waals surface area contributed by atoms with Gasteiger partial charge in [-0.3, -0.25) is 28.8 Å². The lowest BCUT2D eigenvalue weighted by Crippen LogP contribution is -2.48. The van der Waals surface area contributed by atoms with Gasteiger partial charge in [0.1, 0.15) is 18.0 Å². The number of esters is 1. The molecule has 0 aliphatic rings. The van der Waals surface area contributed by atoms with Crippen molar-refractivity contribution >= 4 is 51.2 Å². The number of hydrogen-bond acceptors (Lipinski definition) is 11. The fraction of sp³-hybridized carbons (Fsp3) is 0.550. The van der Waals surface area contributed by atoms with Crippen LogP contribution in [-0.4, -0.2) is 99.4 Å². The molecule has 55 heavy (non-hydrogen) atoms. The molecular weight excluding hydrogens is 780 g/mol. The molecule has 0 saturated carbocycles. The molecule has 14 nitrogen and oxygen atoms in total. The third kappa shape index (κ3) is 20.9. The van der Waals surface area contributed by atoms with Gasteiger partial charge in [-0.05, 0) is 72.9 Å². The van der Waals surface area contributed by atoms with E-state index in [1.807, 2.05) is 52.0 Å².